The van der Waals surface area contributed by atoms with Gasteiger partial charge in [-0.3, -0.25) is 4.79 Å². The summed E-state index contributed by atoms with van der Waals surface area (Å²) in [6.45, 7) is 1.39. The highest BCUT2D eigenvalue weighted by molar-refractivity contribution is 5.65. The lowest BCUT2D eigenvalue weighted by molar-refractivity contribution is -0.227. The highest BCUT2D eigenvalue weighted by atomic mass is 19.4. The average molecular weight is 274 g/mol. The van der Waals surface area contributed by atoms with E-state index in [4.69, 9.17) is 9.47 Å². The molecule has 0 fully saturated rings. The number of alkyl halides is 3. The quantitative estimate of drug-likeness (QED) is 0.778. The van der Waals surface area contributed by atoms with Crippen molar-refractivity contribution in [1.29, 1.82) is 0 Å². The van der Waals surface area contributed by atoms with Gasteiger partial charge in [0.15, 0.2) is 6.10 Å². The first-order valence-corrected chi connectivity index (χ1v) is 5.81. The standard InChI is InChI=1S/C13H13F3O3/c1-8(17)19-7-9-2-3-11-10(6-9)4-5-18-12(11)13(14,15)16/h2-3,6,12H,4-5,7H2,1H3. The summed E-state index contributed by atoms with van der Waals surface area (Å²) in [7, 11) is 0. The summed E-state index contributed by atoms with van der Waals surface area (Å²) in [5.74, 6) is -0.422. The molecule has 0 saturated heterocycles. The van der Waals surface area contributed by atoms with Gasteiger partial charge in [-0.2, -0.15) is 13.2 Å². The predicted octanol–water partition coefficient (Wildman–Crippen LogP) is 2.93. The van der Waals surface area contributed by atoms with Crippen molar-refractivity contribution in [1.82, 2.24) is 0 Å². The van der Waals surface area contributed by atoms with Gasteiger partial charge < -0.3 is 9.47 Å². The molecule has 1 aliphatic rings. The number of carbonyl (C=O) groups excluding carboxylic acids is 1. The molecule has 1 aliphatic heterocycles. The fraction of sp³-hybridized carbons (Fsp3) is 0.462. The van der Waals surface area contributed by atoms with E-state index in [1.807, 2.05) is 0 Å². The minimum Gasteiger partial charge on any atom is -0.461 e. The summed E-state index contributed by atoms with van der Waals surface area (Å²) in [5.41, 5.74) is 1.42. The lowest BCUT2D eigenvalue weighted by atomic mass is 9.95. The first kappa shape index (κ1) is 13.9. The van der Waals surface area contributed by atoms with Crippen LogP contribution in [0.5, 0.6) is 0 Å². The van der Waals surface area contributed by atoms with Gasteiger partial charge in [0, 0.05) is 6.92 Å². The van der Waals surface area contributed by atoms with Crippen LogP contribution in [0.1, 0.15) is 29.7 Å². The average Bonchev–Trinajstić information content (AvgIpc) is 2.34. The Labute approximate surface area is 108 Å². The second-order valence-corrected chi connectivity index (χ2v) is 4.36. The zero-order valence-electron chi connectivity index (χ0n) is 10.3. The topological polar surface area (TPSA) is 35.5 Å². The van der Waals surface area contributed by atoms with E-state index in [0.29, 0.717) is 17.5 Å². The second kappa shape index (κ2) is 5.21. The van der Waals surface area contributed by atoms with Crippen molar-refractivity contribution in [3.8, 4) is 0 Å². The maximum atomic E-state index is 12.8. The zero-order chi connectivity index (χ0) is 14.0. The normalized spacial score (nSPS) is 18.8. The molecular weight excluding hydrogens is 261 g/mol. The van der Waals surface area contributed by atoms with Crippen LogP contribution < -0.4 is 0 Å². The van der Waals surface area contributed by atoms with Crippen molar-refractivity contribution in [2.24, 2.45) is 0 Å². The minimum atomic E-state index is -4.41. The number of benzene rings is 1. The summed E-state index contributed by atoms with van der Waals surface area (Å²) in [4.78, 5) is 10.7. The Morgan fingerprint density at radius 2 is 2.21 bits per heavy atom. The van der Waals surface area contributed by atoms with E-state index in [0.717, 1.165) is 0 Å². The van der Waals surface area contributed by atoms with Crippen LogP contribution in [-0.4, -0.2) is 18.8 Å². The molecule has 19 heavy (non-hydrogen) atoms. The number of hydrogen-bond donors (Lipinski definition) is 0. The van der Waals surface area contributed by atoms with E-state index in [1.54, 1.807) is 6.07 Å². The summed E-state index contributed by atoms with van der Waals surface area (Å²) >= 11 is 0. The molecule has 0 saturated carbocycles. The van der Waals surface area contributed by atoms with E-state index in [2.05, 4.69) is 0 Å². The second-order valence-electron chi connectivity index (χ2n) is 4.36. The van der Waals surface area contributed by atoms with Gasteiger partial charge in [0.05, 0.1) is 6.61 Å². The Balaban J connectivity index is 2.23. The van der Waals surface area contributed by atoms with Crippen molar-refractivity contribution in [2.45, 2.75) is 32.2 Å². The van der Waals surface area contributed by atoms with Crippen LogP contribution in [-0.2, 0) is 27.3 Å². The van der Waals surface area contributed by atoms with Crippen LogP contribution >= 0.6 is 0 Å². The Hall–Kier alpha value is -1.56. The Kier molecular flexibility index (Phi) is 3.80. The van der Waals surface area contributed by atoms with Crippen LogP contribution in [0, 0.1) is 0 Å². The smallest absolute Gasteiger partial charge is 0.418 e. The van der Waals surface area contributed by atoms with E-state index in [9.17, 15) is 18.0 Å². The van der Waals surface area contributed by atoms with Crippen molar-refractivity contribution >= 4 is 5.97 Å². The molecular formula is C13H13F3O3. The van der Waals surface area contributed by atoms with Gasteiger partial charge >= 0.3 is 12.1 Å². The Morgan fingerprint density at radius 3 is 2.84 bits per heavy atom. The van der Waals surface area contributed by atoms with Crippen LogP contribution in [0.2, 0.25) is 0 Å². The molecule has 0 aromatic heterocycles. The van der Waals surface area contributed by atoms with E-state index in [1.165, 1.54) is 19.1 Å². The third-order valence-corrected chi connectivity index (χ3v) is 2.89. The molecule has 1 aromatic rings. The highest BCUT2D eigenvalue weighted by Gasteiger charge is 2.44. The molecule has 6 heteroatoms. The summed E-state index contributed by atoms with van der Waals surface area (Å²) < 4.78 is 48.0. The number of ether oxygens (including phenoxy) is 2. The number of halogens is 3. The number of rotatable bonds is 2. The fourth-order valence-electron chi connectivity index (χ4n) is 2.05. The molecule has 1 unspecified atom stereocenters. The number of esters is 1. The van der Waals surface area contributed by atoms with Crippen molar-refractivity contribution < 1.29 is 27.4 Å². The van der Waals surface area contributed by atoms with Gasteiger partial charge in [-0.25, -0.2) is 0 Å². The third kappa shape index (κ3) is 3.26. The summed E-state index contributed by atoms with van der Waals surface area (Å²) in [6, 6.07) is 4.56. The van der Waals surface area contributed by atoms with Crippen molar-refractivity contribution in [3.05, 3.63) is 34.9 Å². The van der Waals surface area contributed by atoms with E-state index < -0.39 is 18.2 Å². The van der Waals surface area contributed by atoms with Gasteiger partial charge in [-0.15, -0.1) is 0 Å². The largest absolute Gasteiger partial charge is 0.461 e. The van der Waals surface area contributed by atoms with Gasteiger partial charge in [0.25, 0.3) is 0 Å². The van der Waals surface area contributed by atoms with Crippen molar-refractivity contribution in [2.75, 3.05) is 6.61 Å². The molecule has 3 nitrogen and oxygen atoms in total. The monoisotopic (exact) mass is 274 g/mol. The van der Waals surface area contributed by atoms with Crippen LogP contribution in [0.4, 0.5) is 13.2 Å². The Morgan fingerprint density at radius 1 is 1.47 bits per heavy atom. The van der Waals surface area contributed by atoms with Gasteiger partial charge in [0.1, 0.15) is 6.61 Å². The molecule has 104 valence electrons. The van der Waals surface area contributed by atoms with E-state index in [-0.39, 0.29) is 18.8 Å². The van der Waals surface area contributed by atoms with Gasteiger partial charge in [0.2, 0.25) is 0 Å². The molecule has 1 aromatic carbocycles. The highest BCUT2D eigenvalue weighted by Crippen LogP contribution is 2.40. The molecule has 0 spiro atoms. The summed E-state index contributed by atoms with van der Waals surface area (Å²) in [5, 5.41) is 0. The first-order chi connectivity index (χ1) is 8.88. The molecule has 2 rings (SSSR count). The number of fused-ring (bicyclic) bond motifs is 1. The lowest BCUT2D eigenvalue weighted by Gasteiger charge is -2.28. The van der Waals surface area contributed by atoms with Crippen LogP contribution in [0.15, 0.2) is 18.2 Å². The first-order valence-electron chi connectivity index (χ1n) is 5.81. The SMILES string of the molecule is CC(=O)OCc1ccc2c(c1)CCOC2C(F)(F)F. The van der Waals surface area contributed by atoms with Crippen LogP contribution in [0.3, 0.4) is 0 Å². The van der Waals surface area contributed by atoms with Gasteiger partial charge in [-0.05, 0) is 23.1 Å². The molecule has 1 atom stereocenters. The lowest BCUT2D eigenvalue weighted by Crippen LogP contribution is -2.29. The molecule has 0 N–H and O–H groups in total. The Bertz CT molecular complexity index is 483. The van der Waals surface area contributed by atoms with Crippen molar-refractivity contribution in [3.63, 3.8) is 0 Å². The molecule has 0 radical (unpaired) electrons. The maximum absolute atomic E-state index is 12.8. The maximum Gasteiger partial charge on any atom is 0.418 e. The number of carbonyl (C=O) groups is 1. The number of hydrogen-bond acceptors (Lipinski definition) is 3. The summed E-state index contributed by atoms with van der Waals surface area (Å²) in [6.07, 6.45) is -5.85. The third-order valence-electron chi connectivity index (χ3n) is 2.89. The van der Waals surface area contributed by atoms with Crippen LogP contribution in [0.25, 0.3) is 0 Å². The molecule has 1 heterocycles. The fourth-order valence-corrected chi connectivity index (χ4v) is 2.05. The molecule has 0 amide bonds. The van der Waals surface area contributed by atoms with Gasteiger partial charge in [-0.1, -0.05) is 18.2 Å². The zero-order valence-corrected chi connectivity index (χ0v) is 10.3. The minimum absolute atomic E-state index is 0.0359. The molecule has 0 bridgehead atoms. The molecule has 0 aliphatic carbocycles. The van der Waals surface area contributed by atoms with E-state index >= 15 is 0 Å². The predicted molar refractivity (Wildman–Crippen MR) is 60.4 cm³/mol.